The third-order valence-corrected chi connectivity index (χ3v) is 5.56. The van der Waals surface area contributed by atoms with E-state index < -0.39 is 5.97 Å². The summed E-state index contributed by atoms with van der Waals surface area (Å²) in [6.07, 6.45) is 3.63. The third kappa shape index (κ3) is 3.43. The summed E-state index contributed by atoms with van der Waals surface area (Å²) in [6.45, 7) is 8.10. The fourth-order valence-corrected chi connectivity index (χ4v) is 4.16. The van der Waals surface area contributed by atoms with Crippen LogP contribution in [0.5, 0.6) is 0 Å². The summed E-state index contributed by atoms with van der Waals surface area (Å²) < 4.78 is 5.95. The lowest BCUT2D eigenvalue weighted by molar-refractivity contribution is -0.169. The number of nitrogens with zero attached hydrogens (tertiary/aromatic N) is 1. The number of ether oxygens (including phenoxy) is 1. The van der Waals surface area contributed by atoms with Crippen molar-refractivity contribution in [1.29, 1.82) is 0 Å². The molecule has 0 bridgehead atoms. The average Bonchev–Trinajstić information content (AvgIpc) is 2.52. The highest BCUT2D eigenvalue weighted by atomic mass is 16.5. The first-order valence-corrected chi connectivity index (χ1v) is 8.62. The van der Waals surface area contributed by atoms with Crippen molar-refractivity contribution < 1.29 is 14.6 Å². The van der Waals surface area contributed by atoms with Gasteiger partial charge in [0, 0.05) is 24.6 Å². The van der Waals surface area contributed by atoms with Crippen LogP contribution >= 0.6 is 0 Å². The summed E-state index contributed by atoms with van der Waals surface area (Å²) in [4.78, 5) is 13.5. The average molecular weight is 319 g/mol. The Morgan fingerprint density at radius 3 is 2.61 bits per heavy atom. The van der Waals surface area contributed by atoms with Gasteiger partial charge in [0.1, 0.15) is 0 Å². The van der Waals surface area contributed by atoms with Crippen molar-refractivity contribution in [2.45, 2.75) is 58.7 Å². The molecule has 1 fully saturated rings. The zero-order valence-corrected chi connectivity index (χ0v) is 14.7. The van der Waals surface area contributed by atoms with Crippen molar-refractivity contribution in [3.05, 3.63) is 35.4 Å². The van der Waals surface area contributed by atoms with Crippen molar-refractivity contribution >= 4 is 5.97 Å². The van der Waals surface area contributed by atoms with E-state index in [-0.39, 0.29) is 5.41 Å². The normalized spacial score (nSPS) is 22.8. The molecule has 0 aliphatic heterocycles. The first-order chi connectivity index (χ1) is 11.0. The summed E-state index contributed by atoms with van der Waals surface area (Å²) in [5.74, 6) is -0.869. The molecule has 0 radical (unpaired) electrons. The maximum absolute atomic E-state index is 11.1. The van der Waals surface area contributed by atoms with Gasteiger partial charge in [-0.15, -0.1) is 0 Å². The highest BCUT2D eigenvalue weighted by Gasteiger charge is 2.54. The van der Waals surface area contributed by atoms with Crippen molar-refractivity contribution in [3.8, 4) is 0 Å². The van der Waals surface area contributed by atoms with Crippen LogP contribution in [0, 0.1) is 5.41 Å². The van der Waals surface area contributed by atoms with E-state index in [0.717, 1.165) is 38.0 Å². The van der Waals surface area contributed by atoms with E-state index in [2.05, 4.69) is 32.7 Å². The van der Waals surface area contributed by atoms with Crippen LogP contribution in [-0.2, 0) is 11.3 Å². The molecule has 2 unspecified atom stereocenters. The summed E-state index contributed by atoms with van der Waals surface area (Å²) >= 11 is 0. The van der Waals surface area contributed by atoms with Gasteiger partial charge >= 0.3 is 5.97 Å². The standard InChI is InChI=1S/C19H29NO3/c1-5-19(6-2)16(12-17(19)23-7-3)20(4)13-14-9-8-10-15(11-14)18(21)22/h8-11,16-17H,5-7,12-13H2,1-4H3,(H,21,22). The molecule has 1 aromatic rings. The van der Waals surface area contributed by atoms with Gasteiger partial charge in [-0.1, -0.05) is 26.0 Å². The highest BCUT2D eigenvalue weighted by Crippen LogP contribution is 2.51. The number of benzene rings is 1. The van der Waals surface area contributed by atoms with Crippen LogP contribution in [0.4, 0.5) is 0 Å². The predicted molar refractivity (Wildman–Crippen MR) is 91.7 cm³/mol. The molecule has 23 heavy (non-hydrogen) atoms. The molecule has 0 amide bonds. The summed E-state index contributed by atoms with van der Waals surface area (Å²) in [7, 11) is 2.14. The van der Waals surface area contributed by atoms with Crippen LogP contribution in [-0.4, -0.2) is 41.8 Å². The number of aromatic carboxylic acids is 1. The predicted octanol–water partition coefficient (Wildman–Crippen LogP) is 3.80. The van der Waals surface area contributed by atoms with Crippen LogP contribution in [0.15, 0.2) is 24.3 Å². The molecule has 1 aliphatic rings. The molecule has 2 atom stereocenters. The second-order valence-electron chi connectivity index (χ2n) is 6.56. The summed E-state index contributed by atoms with van der Waals surface area (Å²) in [6, 6.07) is 7.73. The van der Waals surface area contributed by atoms with E-state index in [1.54, 1.807) is 12.1 Å². The van der Waals surface area contributed by atoms with E-state index in [4.69, 9.17) is 9.84 Å². The molecule has 0 heterocycles. The monoisotopic (exact) mass is 319 g/mol. The van der Waals surface area contributed by atoms with Gasteiger partial charge in [-0.05, 0) is 50.9 Å². The number of rotatable bonds is 8. The van der Waals surface area contributed by atoms with Crippen molar-refractivity contribution in [2.75, 3.05) is 13.7 Å². The zero-order chi connectivity index (χ0) is 17.0. The Morgan fingerprint density at radius 1 is 1.35 bits per heavy atom. The first-order valence-electron chi connectivity index (χ1n) is 8.62. The maximum Gasteiger partial charge on any atom is 0.335 e. The van der Waals surface area contributed by atoms with E-state index in [1.165, 1.54) is 0 Å². The van der Waals surface area contributed by atoms with E-state index in [0.29, 0.717) is 17.7 Å². The van der Waals surface area contributed by atoms with Crippen LogP contribution < -0.4 is 0 Å². The Hall–Kier alpha value is -1.39. The van der Waals surface area contributed by atoms with Gasteiger partial charge < -0.3 is 9.84 Å². The molecule has 2 rings (SSSR count). The number of carbonyl (C=O) groups is 1. The summed E-state index contributed by atoms with van der Waals surface area (Å²) in [5.41, 5.74) is 1.62. The van der Waals surface area contributed by atoms with E-state index in [1.807, 2.05) is 12.1 Å². The fourth-order valence-electron chi connectivity index (χ4n) is 4.16. The maximum atomic E-state index is 11.1. The van der Waals surface area contributed by atoms with Gasteiger partial charge in [0.15, 0.2) is 0 Å². The lowest BCUT2D eigenvalue weighted by atomic mass is 9.58. The molecular weight excluding hydrogens is 290 g/mol. The second-order valence-corrected chi connectivity index (χ2v) is 6.56. The lowest BCUT2D eigenvalue weighted by Crippen LogP contribution is -2.63. The molecule has 128 valence electrons. The Kier molecular flexibility index (Phi) is 5.82. The molecule has 4 nitrogen and oxygen atoms in total. The van der Waals surface area contributed by atoms with Crippen molar-refractivity contribution in [3.63, 3.8) is 0 Å². The smallest absolute Gasteiger partial charge is 0.335 e. The van der Waals surface area contributed by atoms with E-state index in [9.17, 15) is 4.79 Å². The zero-order valence-electron chi connectivity index (χ0n) is 14.7. The first kappa shape index (κ1) is 18.0. The molecule has 0 spiro atoms. The van der Waals surface area contributed by atoms with E-state index >= 15 is 0 Å². The molecule has 1 N–H and O–H groups in total. The quantitative estimate of drug-likeness (QED) is 0.792. The third-order valence-electron chi connectivity index (χ3n) is 5.56. The highest BCUT2D eigenvalue weighted by molar-refractivity contribution is 5.87. The van der Waals surface area contributed by atoms with Crippen molar-refractivity contribution in [1.82, 2.24) is 4.90 Å². The fraction of sp³-hybridized carbons (Fsp3) is 0.632. The Labute approximate surface area is 139 Å². The van der Waals surface area contributed by atoms with Gasteiger partial charge in [-0.3, -0.25) is 4.90 Å². The molecule has 1 aromatic carbocycles. The van der Waals surface area contributed by atoms with Crippen LogP contribution in [0.25, 0.3) is 0 Å². The molecule has 1 saturated carbocycles. The minimum atomic E-state index is -0.869. The van der Waals surface area contributed by atoms with Crippen molar-refractivity contribution in [2.24, 2.45) is 5.41 Å². The molecule has 0 aromatic heterocycles. The molecule has 4 heteroatoms. The Balaban J connectivity index is 2.10. The Bertz CT molecular complexity index is 539. The van der Waals surface area contributed by atoms with Crippen LogP contribution in [0.3, 0.4) is 0 Å². The second kappa shape index (κ2) is 7.45. The minimum Gasteiger partial charge on any atom is -0.478 e. The Morgan fingerprint density at radius 2 is 2.04 bits per heavy atom. The summed E-state index contributed by atoms with van der Waals surface area (Å²) in [5, 5.41) is 9.13. The SMILES string of the molecule is CCOC1CC(N(C)Cc2cccc(C(=O)O)c2)C1(CC)CC. The molecule has 0 saturated heterocycles. The molecule has 1 aliphatic carbocycles. The van der Waals surface area contributed by atoms with Gasteiger partial charge in [0.05, 0.1) is 11.7 Å². The molecular formula is C19H29NO3. The number of carboxylic acids is 1. The van der Waals surface area contributed by atoms with Gasteiger partial charge in [-0.2, -0.15) is 0 Å². The minimum absolute atomic E-state index is 0.217. The largest absolute Gasteiger partial charge is 0.478 e. The van der Waals surface area contributed by atoms with Crippen LogP contribution in [0.1, 0.15) is 56.0 Å². The number of carboxylic acid groups (broad SMARTS) is 1. The number of hydrogen-bond acceptors (Lipinski definition) is 3. The van der Waals surface area contributed by atoms with Gasteiger partial charge in [-0.25, -0.2) is 4.79 Å². The van der Waals surface area contributed by atoms with Crippen LogP contribution in [0.2, 0.25) is 0 Å². The van der Waals surface area contributed by atoms with Gasteiger partial charge in [0.25, 0.3) is 0 Å². The topological polar surface area (TPSA) is 49.8 Å². The van der Waals surface area contributed by atoms with Gasteiger partial charge in [0.2, 0.25) is 0 Å². The number of hydrogen-bond donors (Lipinski definition) is 1. The lowest BCUT2D eigenvalue weighted by Gasteiger charge is -2.58.